The number of hydrogen-bond donors (Lipinski definition) is 1. The minimum atomic E-state index is 0.379. The van der Waals surface area contributed by atoms with Gasteiger partial charge in [-0.1, -0.05) is 54.6 Å². The Balaban J connectivity index is 1.31. The minimum absolute atomic E-state index is 0.379. The first kappa shape index (κ1) is 18.5. The first-order valence-corrected chi connectivity index (χ1v) is 10.2. The SMILES string of the molecule is CC(Cc1ccc(-c2ccccc2)cc1)NCc1cnc(-c2cnccn2)s1. The van der Waals surface area contributed by atoms with E-state index in [0.717, 1.165) is 23.7 Å². The maximum absolute atomic E-state index is 4.46. The van der Waals surface area contributed by atoms with E-state index in [-0.39, 0.29) is 0 Å². The van der Waals surface area contributed by atoms with E-state index in [9.17, 15) is 0 Å². The number of nitrogens with zero attached hydrogens (tertiary/aromatic N) is 3. The number of rotatable bonds is 7. The van der Waals surface area contributed by atoms with E-state index in [1.165, 1.54) is 21.6 Å². The Morgan fingerprint density at radius 3 is 2.43 bits per heavy atom. The van der Waals surface area contributed by atoms with E-state index in [1.54, 1.807) is 29.9 Å². The lowest BCUT2D eigenvalue weighted by Crippen LogP contribution is -2.27. The molecule has 0 bridgehead atoms. The molecule has 0 aliphatic carbocycles. The molecule has 1 N–H and O–H groups in total. The van der Waals surface area contributed by atoms with Gasteiger partial charge in [0.25, 0.3) is 0 Å². The molecule has 0 aliphatic heterocycles. The Kier molecular flexibility index (Phi) is 5.85. The lowest BCUT2D eigenvalue weighted by molar-refractivity contribution is 0.548. The Hall–Kier alpha value is -2.89. The van der Waals surface area contributed by atoms with Gasteiger partial charge in [0.15, 0.2) is 0 Å². The van der Waals surface area contributed by atoms with Crippen LogP contribution in [0.15, 0.2) is 79.4 Å². The van der Waals surface area contributed by atoms with Crippen molar-refractivity contribution in [3.63, 3.8) is 0 Å². The molecule has 0 saturated carbocycles. The summed E-state index contributed by atoms with van der Waals surface area (Å²) in [4.78, 5) is 14.1. The van der Waals surface area contributed by atoms with Crippen molar-refractivity contribution in [2.45, 2.75) is 25.9 Å². The Morgan fingerprint density at radius 2 is 1.68 bits per heavy atom. The van der Waals surface area contributed by atoms with E-state index < -0.39 is 0 Å². The van der Waals surface area contributed by atoms with Crippen LogP contribution in [0.25, 0.3) is 21.8 Å². The molecular formula is C23H22N4S. The minimum Gasteiger partial charge on any atom is -0.309 e. The summed E-state index contributed by atoms with van der Waals surface area (Å²) in [5.74, 6) is 0. The Bertz CT molecular complexity index is 998. The second kappa shape index (κ2) is 8.87. The fourth-order valence-corrected chi connectivity index (χ4v) is 3.91. The maximum Gasteiger partial charge on any atom is 0.143 e. The van der Waals surface area contributed by atoms with Crippen LogP contribution in [0, 0.1) is 0 Å². The smallest absolute Gasteiger partial charge is 0.143 e. The van der Waals surface area contributed by atoms with Crippen molar-refractivity contribution in [1.29, 1.82) is 0 Å². The van der Waals surface area contributed by atoms with E-state index in [0.29, 0.717) is 6.04 Å². The summed E-state index contributed by atoms with van der Waals surface area (Å²) in [7, 11) is 0. The van der Waals surface area contributed by atoms with Gasteiger partial charge in [-0.25, -0.2) is 4.98 Å². The van der Waals surface area contributed by atoms with Crippen LogP contribution in [0.1, 0.15) is 17.4 Å². The molecule has 5 heteroatoms. The molecule has 0 amide bonds. The largest absolute Gasteiger partial charge is 0.309 e. The van der Waals surface area contributed by atoms with Crippen LogP contribution in [0.3, 0.4) is 0 Å². The highest BCUT2D eigenvalue weighted by Crippen LogP contribution is 2.23. The standard InChI is InChI=1S/C23H22N4S/c1-17(13-18-7-9-20(10-8-18)19-5-3-2-4-6-19)26-14-21-15-27-23(28-21)22-16-24-11-12-25-22/h2-12,15-17,26H,13-14H2,1H3. The summed E-state index contributed by atoms with van der Waals surface area (Å²) < 4.78 is 0. The predicted octanol–water partition coefficient (Wildman–Crippen LogP) is 4.99. The van der Waals surface area contributed by atoms with Crippen LogP contribution >= 0.6 is 11.3 Å². The van der Waals surface area contributed by atoms with Crippen LogP contribution in [-0.4, -0.2) is 21.0 Å². The van der Waals surface area contributed by atoms with Gasteiger partial charge < -0.3 is 5.32 Å². The van der Waals surface area contributed by atoms with Gasteiger partial charge in [0.05, 0.1) is 6.20 Å². The molecule has 0 fully saturated rings. The summed E-state index contributed by atoms with van der Waals surface area (Å²) in [6.45, 7) is 3.02. The molecule has 2 aromatic carbocycles. The first-order valence-electron chi connectivity index (χ1n) is 9.37. The predicted molar refractivity (Wildman–Crippen MR) is 115 cm³/mol. The van der Waals surface area contributed by atoms with Crippen molar-refractivity contribution in [2.75, 3.05) is 0 Å². The lowest BCUT2D eigenvalue weighted by Gasteiger charge is -2.13. The van der Waals surface area contributed by atoms with Gasteiger partial charge in [0, 0.05) is 36.1 Å². The molecule has 1 unspecified atom stereocenters. The molecule has 4 aromatic rings. The number of hydrogen-bond acceptors (Lipinski definition) is 5. The normalized spacial score (nSPS) is 12.0. The van der Waals surface area contributed by atoms with Gasteiger partial charge in [-0.05, 0) is 30.0 Å². The highest BCUT2D eigenvalue weighted by atomic mass is 32.1. The molecule has 140 valence electrons. The summed E-state index contributed by atoms with van der Waals surface area (Å²) in [5.41, 5.74) is 4.67. The second-order valence-electron chi connectivity index (χ2n) is 6.77. The molecule has 0 radical (unpaired) electrons. The van der Waals surface area contributed by atoms with Gasteiger partial charge in [0.2, 0.25) is 0 Å². The van der Waals surface area contributed by atoms with Crippen molar-refractivity contribution in [3.05, 3.63) is 89.8 Å². The lowest BCUT2D eigenvalue weighted by atomic mass is 10.0. The zero-order valence-corrected chi connectivity index (χ0v) is 16.6. The Morgan fingerprint density at radius 1 is 0.893 bits per heavy atom. The van der Waals surface area contributed by atoms with Crippen molar-refractivity contribution in [2.24, 2.45) is 0 Å². The highest BCUT2D eigenvalue weighted by molar-refractivity contribution is 7.14. The van der Waals surface area contributed by atoms with Gasteiger partial charge in [-0.15, -0.1) is 11.3 Å². The molecule has 1 atom stereocenters. The third kappa shape index (κ3) is 4.68. The van der Waals surface area contributed by atoms with Crippen molar-refractivity contribution in [1.82, 2.24) is 20.3 Å². The number of nitrogens with one attached hydrogen (secondary N) is 1. The fraction of sp³-hybridized carbons (Fsp3) is 0.174. The van der Waals surface area contributed by atoms with Crippen LogP contribution in [0.5, 0.6) is 0 Å². The van der Waals surface area contributed by atoms with Crippen molar-refractivity contribution < 1.29 is 0 Å². The fourth-order valence-electron chi connectivity index (χ4n) is 3.08. The van der Waals surface area contributed by atoms with Gasteiger partial charge in [-0.3, -0.25) is 9.97 Å². The van der Waals surface area contributed by atoms with Gasteiger partial charge in [-0.2, -0.15) is 0 Å². The van der Waals surface area contributed by atoms with Gasteiger partial charge in [0.1, 0.15) is 10.7 Å². The van der Waals surface area contributed by atoms with E-state index in [1.807, 2.05) is 12.3 Å². The molecule has 2 aromatic heterocycles. The zero-order valence-electron chi connectivity index (χ0n) is 15.7. The average Bonchev–Trinajstić information content (AvgIpc) is 3.23. The molecule has 0 aliphatic rings. The summed E-state index contributed by atoms with van der Waals surface area (Å²) >= 11 is 1.66. The number of aromatic nitrogens is 3. The third-order valence-electron chi connectivity index (χ3n) is 4.56. The topological polar surface area (TPSA) is 50.7 Å². The van der Waals surface area contributed by atoms with Crippen LogP contribution in [-0.2, 0) is 13.0 Å². The summed E-state index contributed by atoms with van der Waals surface area (Å²) in [5, 5.41) is 4.50. The Labute approximate surface area is 169 Å². The quantitative estimate of drug-likeness (QED) is 0.486. The highest BCUT2D eigenvalue weighted by Gasteiger charge is 2.08. The molecular weight excluding hydrogens is 364 g/mol. The van der Waals surface area contributed by atoms with Crippen LogP contribution in [0.2, 0.25) is 0 Å². The summed E-state index contributed by atoms with van der Waals surface area (Å²) in [6, 6.07) is 19.7. The number of benzene rings is 2. The third-order valence-corrected chi connectivity index (χ3v) is 5.58. The first-order chi connectivity index (χ1) is 13.8. The summed E-state index contributed by atoms with van der Waals surface area (Å²) in [6.07, 6.45) is 8.03. The molecule has 4 nitrogen and oxygen atoms in total. The molecule has 2 heterocycles. The molecule has 28 heavy (non-hydrogen) atoms. The van der Waals surface area contributed by atoms with Crippen molar-refractivity contribution >= 4 is 11.3 Å². The second-order valence-corrected chi connectivity index (χ2v) is 7.89. The van der Waals surface area contributed by atoms with E-state index >= 15 is 0 Å². The maximum atomic E-state index is 4.46. The molecule has 0 spiro atoms. The van der Waals surface area contributed by atoms with Crippen LogP contribution in [0.4, 0.5) is 0 Å². The van der Waals surface area contributed by atoms with Crippen LogP contribution < -0.4 is 5.32 Å². The average molecular weight is 387 g/mol. The molecule has 4 rings (SSSR count). The van der Waals surface area contributed by atoms with E-state index in [2.05, 4.69) is 75.7 Å². The van der Waals surface area contributed by atoms with E-state index in [4.69, 9.17) is 0 Å². The molecule has 0 saturated heterocycles. The van der Waals surface area contributed by atoms with Gasteiger partial charge >= 0.3 is 0 Å². The number of thiazole rings is 1. The zero-order chi connectivity index (χ0) is 19.2. The monoisotopic (exact) mass is 386 g/mol. The van der Waals surface area contributed by atoms with Crippen molar-refractivity contribution in [3.8, 4) is 21.8 Å².